The van der Waals surface area contributed by atoms with Gasteiger partial charge in [0.05, 0.1) is 6.61 Å². The van der Waals surface area contributed by atoms with Crippen LogP contribution in [0.2, 0.25) is 0 Å². The lowest BCUT2D eigenvalue weighted by atomic mass is 10.1. The van der Waals surface area contributed by atoms with Gasteiger partial charge in [-0.3, -0.25) is 0 Å². The van der Waals surface area contributed by atoms with Gasteiger partial charge in [-0.2, -0.15) is 11.3 Å². The zero-order chi connectivity index (χ0) is 9.03. The van der Waals surface area contributed by atoms with Gasteiger partial charge in [0, 0.05) is 12.1 Å². The van der Waals surface area contributed by atoms with Crippen LogP contribution in [0.5, 0.6) is 0 Å². The van der Waals surface area contributed by atoms with Crippen LogP contribution in [0, 0.1) is 0 Å². The van der Waals surface area contributed by atoms with E-state index in [1.54, 1.807) is 11.3 Å². The monoisotopic (exact) mass is 220 g/mol. The average molecular weight is 221 g/mol. The van der Waals surface area contributed by atoms with Crippen LogP contribution in [0.4, 0.5) is 0 Å². The maximum Gasteiger partial charge on any atom is 0.0607 e. The average Bonchev–Trinajstić information content (AvgIpc) is 2.53. The minimum atomic E-state index is -0.179. The number of rotatable bonds is 4. The van der Waals surface area contributed by atoms with Gasteiger partial charge in [0.1, 0.15) is 0 Å². The maximum absolute atomic E-state index is 8.96. The predicted molar refractivity (Wildman–Crippen MR) is 52.3 cm³/mol. The van der Waals surface area contributed by atoms with Crippen LogP contribution in [-0.2, 0) is 6.54 Å². The van der Waals surface area contributed by atoms with Gasteiger partial charge in [-0.1, -0.05) is 0 Å². The number of thiophene rings is 1. The molecule has 0 aromatic carbocycles. The summed E-state index contributed by atoms with van der Waals surface area (Å²) in [5, 5.41) is 16.4. The number of aliphatic hydroxyl groups excluding tert-OH is 1. The van der Waals surface area contributed by atoms with Gasteiger partial charge in [-0.05, 0) is 36.2 Å². The summed E-state index contributed by atoms with van der Waals surface area (Å²) >= 11 is 1.70. The molecular weight excluding hydrogens is 206 g/mol. The summed E-state index contributed by atoms with van der Waals surface area (Å²) in [7, 11) is 0. The Morgan fingerprint density at radius 2 is 2.23 bits per heavy atom. The fraction of sp³-hybridized carbons (Fsp3) is 0.556. The summed E-state index contributed by atoms with van der Waals surface area (Å²) in [4.78, 5) is 0. The van der Waals surface area contributed by atoms with Crippen molar-refractivity contribution in [3.05, 3.63) is 22.4 Å². The lowest BCUT2D eigenvalue weighted by Gasteiger charge is -2.23. The van der Waals surface area contributed by atoms with Crippen molar-refractivity contribution in [2.24, 2.45) is 0 Å². The Bertz CT molecular complexity index is 224. The van der Waals surface area contributed by atoms with E-state index >= 15 is 0 Å². The minimum Gasteiger partial charge on any atom is -1.00 e. The molecule has 2 nitrogen and oxygen atoms in total. The zero-order valence-corrected chi connectivity index (χ0v) is 9.45. The summed E-state index contributed by atoms with van der Waals surface area (Å²) in [6.45, 7) is 4.97. The number of halogens is 1. The lowest BCUT2D eigenvalue weighted by Crippen LogP contribution is -3.00. The number of hydrogen-bond acceptors (Lipinski definition) is 3. The van der Waals surface area contributed by atoms with Crippen LogP contribution in [0.3, 0.4) is 0 Å². The van der Waals surface area contributed by atoms with Gasteiger partial charge in [-0.25, -0.2) is 0 Å². The molecule has 4 heteroatoms. The van der Waals surface area contributed by atoms with E-state index in [0.29, 0.717) is 0 Å². The first-order valence-corrected chi connectivity index (χ1v) is 4.95. The Kier molecular flexibility index (Phi) is 5.56. The first-order valence-electron chi connectivity index (χ1n) is 4.01. The third kappa shape index (κ3) is 4.62. The van der Waals surface area contributed by atoms with Gasteiger partial charge < -0.3 is 22.8 Å². The maximum atomic E-state index is 8.96. The van der Waals surface area contributed by atoms with E-state index in [1.807, 2.05) is 13.8 Å². The van der Waals surface area contributed by atoms with Crippen molar-refractivity contribution in [2.45, 2.75) is 25.9 Å². The minimum absolute atomic E-state index is 0. The van der Waals surface area contributed by atoms with Crippen molar-refractivity contribution in [2.75, 3.05) is 6.61 Å². The molecule has 1 heterocycles. The summed E-state index contributed by atoms with van der Waals surface area (Å²) in [5.74, 6) is 0. The van der Waals surface area contributed by atoms with E-state index < -0.39 is 0 Å². The van der Waals surface area contributed by atoms with Crippen molar-refractivity contribution in [1.82, 2.24) is 5.32 Å². The first-order chi connectivity index (χ1) is 5.64. The summed E-state index contributed by atoms with van der Waals surface area (Å²) in [5.41, 5.74) is 1.10. The highest BCUT2D eigenvalue weighted by Crippen LogP contribution is 2.08. The van der Waals surface area contributed by atoms with Gasteiger partial charge in [0.15, 0.2) is 0 Å². The van der Waals surface area contributed by atoms with Crippen molar-refractivity contribution in [1.29, 1.82) is 0 Å². The summed E-state index contributed by atoms with van der Waals surface area (Å²) < 4.78 is 0. The SMILES string of the molecule is CC(C)(CO)NCc1ccsc1.[Cl-]. The molecule has 13 heavy (non-hydrogen) atoms. The number of aliphatic hydroxyl groups is 1. The molecule has 0 aliphatic carbocycles. The van der Waals surface area contributed by atoms with E-state index in [9.17, 15) is 0 Å². The third-order valence-corrected chi connectivity index (χ3v) is 2.48. The fourth-order valence-corrected chi connectivity index (χ4v) is 1.46. The molecule has 0 aliphatic heterocycles. The van der Waals surface area contributed by atoms with E-state index in [1.165, 1.54) is 5.56 Å². The first kappa shape index (κ1) is 12.9. The zero-order valence-electron chi connectivity index (χ0n) is 7.88. The highest BCUT2D eigenvalue weighted by Gasteiger charge is 2.14. The second kappa shape index (κ2) is 5.60. The smallest absolute Gasteiger partial charge is 0.0607 e. The second-order valence-electron chi connectivity index (χ2n) is 3.53. The van der Waals surface area contributed by atoms with Crippen LogP contribution >= 0.6 is 11.3 Å². The Morgan fingerprint density at radius 3 is 2.69 bits per heavy atom. The summed E-state index contributed by atoms with van der Waals surface area (Å²) in [6.07, 6.45) is 0. The fourth-order valence-electron chi connectivity index (χ4n) is 0.790. The normalized spacial score (nSPS) is 11.0. The predicted octanol–water partition coefficient (Wildman–Crippen LogP) is -1.39. The summed E-state index contributed by atoms with van der Waals surface area (Å²) in [6, 6.07) is 2.09. The van der Waals surface area contributed by atoms with Crippen molar-refractivity contribution >= 4 is 11.3 Å². The Morgan fingerprint density at radius 1 is 1.54 bits per heavy atom. The van der Waals surface area contributed by atoms with Crippen molar-refractivity contribution in [3.8, 4) is 0 Å². The van der Waals surface area contributed by atoms with E-state index in [-0.39, 0.29) is 24.6 Å². The largest absolute Gasteiger partial charge is 1.00 e. The van der Waals surface area contributed by atoms with Gasteiger partial charge in [0.25, 0.3) is 0 Å². The Balaban J connectivity index is 0.00000144. The van der Waals surface area contributed by atoms with Crippen LogP contribution in [0.25, 0.3) is 0 Å². The molecule has 0 unspecified atom stereocenters. The third-order valence-electron chi connectivity index (χ3n) is 1.75. The van der Waals surface area contributed by atoms with Crippen LogP contribution in [0.15, 0.2) is 16.8 Å². The lowest BCUT2D eigenvalue weighted by molar-refractivity contribution is -0.00000350. The standard InChI is InChI=1S/C9H15NOS.ClH/c1-9(2,7-11)10-5-8-3-4-12-6-8;/h3-4,6,10-11H,5,7H2,1-2H3;1H/p-1. The molecule has 2 N–H and O–H groups in total. The Hall–Kier alpha value is -0.0900. The molecule has 0 bridgehead atoms. The molecule has 0 saturated heterocycles. The van der Waals surface area contributed by atoms with Gasteiger partial charge in [0.2, 0.25) is 0 Å². The van der Waals surface area contributed by atoms with Gasteiger partial charge in [-0.15, -0.1) is 0 Å². The molecule has 76 valence electrons. The van der Waals surface area contributed by atoms with E-state index in [0.717, 1.165) is 6.54 Å². The molecule has 0 atom stereocenters. The quantitative estimate of drug-likeness (QED) is 0.655. The second-order valence-corrected chi connectivity index (χ2v) is 4.31. The molecular formula is C9H15ClNOS-. The number of hydrogen-bond donors (Lipinski definition) is 2. The molecule has 1 rings (SSSR count). The van der Waals surface area contributed by atoms with Crippen LogP contribution in [0.1, 0.15) is 19.4 Å². The van der Waals surface area contributed by atoms with Crippen molar-refractivity contribution < 1.29 is 17.5 Å². The highest BCUT2D eigenvalue weighted by atomic mass is 35.5. The van der Waals surface area contributed by atoms with E-state index in [4.69, 9.17) is 5.11 Å². The van der Waals surface area contributed by atoms with Crippen LogP contribution in [-0.4, -0.2) is 17.3 Å². The van der Waals surface area contributed by atoms with Crippen LogP contribution < -0.4 is 17.7 Å². The molecule has 1 aromatic rings. The molecule has 0 saturated carbocycles. The molecule has 1 aromatic heterocycles. The Labute approximate surface area is 89.4 Å². The van der Waals surface area contributed by atoms with Crippen molar-refractivity contribution in [3.63, 3.8) is 0 Å². The number of nitrogens with one attached hydrogen (secondary N) is 1. The highest BCUT2D eigenvalue weighted by molar-refractivity contribution is 7.07. The van der Waals surface area contributed by atoms with E-state index in [2.05, 4.69) is 22.1 Å². The molecule has 0 aliphatic rings. The topological polar surface area (TPSA) is 32.3 Å². The molecule has 0 amide bonds. The molecule has 0 radical (unpaired) electrons. The molecule has 0 spiro atoms. The molecule has 0 fully saturated rings. The van der Waals surface area contributed by atoms with Gasteiger partial charge >= 0.3 is 0 Å².